The van der Waals surface area contributed by atoms with Crippen LogP contribution in [0.5, 0.6) is 0 Å². The van der Waals surface area contributed by atoms with Gasteiger partial charge >= 0.3 is 12.3 Å². The number of hydrogen-bond acceptors (Lipinski definition) is 4. The summed E-state index contributed by atoms with van der Waals surface area (Å²) in [6, 6.07) is 18.3. The Kier molecular flexibility index (Phi) is 8.06. The first-order valence-corrected chi connectivity index (χ1v) is 11.9. The van der Waals surface area contributed by atoms with Crippen LogP contribution in [0, 0.1) is 17.1 Å². The van der Waals surface area contributed by atoms with Crippen molar-refractivity contribution in [3.63, 3.8) is 0 Å². The fraction of sp³-hybridized carbons (Fsp3) is 0.111. The molecule has 1 aromatic heterocycles. The van der Waals surface area contributed by atoms with Crippen LogP contribution in [-0.2, 0) is 12.7 Å². The van der Waals surface area contributed by atoms with Gasteiger partial charge in [-0.25, -0.2) is 13.9 Å². The minimum Gasteiger partial charge on any atom is -0.465 e. The van der Waals surface area contributed by atoms with E-state index in [1.807, 2.05) is 6.07 Å². The summed E-state index contributed by atoms with van der Waals surface area (Å²) in [4.78, 5) is 24.0. The Morgan fingerprint density at radius 3 is 2.48 bits per heavy atom. The molecule has 0 spiro atoms. The first-order valence-electron chi connectivity index (χ1n) is 11.4. The molecule has 0 saturated heterocycles. The number of nitriles is 1. The molecule has 0 fully saturated rings. The third-order valence-electron chi connectivity index (χ3n) is 5.67. The van der Waals surface area contributed by atoms with Crippen molar-refractivity contribution < 1.29 is 32.3 Å². The van der Waals surface area contributed by atoms with Gasteiger partial charge < -0.3 is 15.7 Å². The Hall–Kier alpha value is -4.89. The predicted molar refractivity (Wildman–Crippen MR) is 137 cm³/mol. The molecule has 0 aliphatic carbocycles. The third-order valence-corrected chi connectivity index (χ3v) is 6.17. The Bertz CT molecular complexity index is 1630. The Morgan fingerprint density at radius 1 is 1.05 bits per heavy atom. The van der Waals surface area contributed by atoms with Crippen LogP contribution in [0.25, 0.3) is 5.69 Å². The van der Waals surface area contributed by atoms with Crippen molar-refractivity contribution in [1.29, 1.82) is 5.26 Å². The molecule has 2 amide bonds. The molecule has 1 unspecified atom stereocenters. The molecule has 40 heavy (non-hydrogen) atoms. The molecule has 1 heterocycles. The molecule has 1 atom stereocenters. The van der Waals surface area contributed by atoms with Gasteiger partial charge in [0.15, 0.2) is 5.69 Å². The summed E-state index contributed by atoms with van der Waals surface area (Å²) >= 11 is 6.53. The lowest BCUT2D eigenvalue weighted by Crippen LogP contribution is -2.20. The van der Waals surface area contributed by atoms with Crippen LogP contribution >= 0.6 is 11.6 Å². The second kappa shape index (κ2) is 11.5. The van der Waals surface area contributed by atoms with E-state index in [1.165, 1.54) is 36.4 Å². The van der Waals surface area contributed by atoms with Crippen molar-refractivity contribution in [2.45, 2.75) is 18.1 Å². The number of carbonyl (C=O) groups is 2. The molecule has 13 heteroatoms. The number of benzene rings is 3. The number of aromatic nitrogens is 2. The topological polar surface area (TPSA) is 120 Å². The maximum Gasteiger partial charge on any atom is 0.435 e. The molecule has 0 bridgehead atoms. The van der Waals surface area contributed by atoms with E-state index in [0.717, 1.165) is 10.7 Å². The van der Waals surface area contributed by atoms with Crippen molar-refractivity contribution in [2.24, 2.45) is 0 Å². The summed E-state index contributed by atoms with van der Waals surface area (Å²) in [7, 11) is 0. The number of nitrogens with zero attached hydrogens (tertiary/aromatic N) is 3. The van der Waals surface area contributed by atoms with Crippen molar-refractivity contribution in [2.75, 3.05) is 5.32 Å². The van der Waals surface area contributed by atoms with Gasteiger partial charge in [-0.15, -0.1) is 11.6 Å². The molecular weight excluding hydrogens is 554 g/mol. The molecule has 3 N–H and O–H groups in total. The van der Waals surface area contributed by atoms with Crippen LogP contribution in [0.15, 0.2) is 72.8 Å². The summed E-state index contributed by atoms with van der Waals surface area (Å²) < 4.78 is 56.0. The first kappa shape index (κ1) is 28.1. The average Bonchev–Trinajstić information content (AvgIpc) is 3.40. The number of alkyl halides is 4. The molecule has 204 valence electrons. The summed E-state index contributed by atoms with van der Waals surface area (Å²) in [5.41, 5.74) is -0.573. The van der Waals surface area contributed by atoms with Crippen LogP contribution in [0.2, 0.25) is 0 Å². The van der Waals surface area contributed by atoms with Gasteiger partial charge in [0.25, 0.3) is 5.91 Å². The number of hydrogen-bond donors (Lipinski definition) is 3. The minimum atomic E-state index is -4.89. The lowest BCUT2D eigenvalue weighted by atomic mass is 10.0. The lowest BCUT2D eigenvalue weighted by Gasteiger charge is -2.14. The molecule has 0 saturated carbocycles. The molecule has 4 rings (SSSR count). The zero-order valence-electron chi connectivity index (χ0n) is 20.2. The monoisotopic (exact) mass is 571 g/mol. The number of carbonyl (C=O) groups excluding carboxylic acids is 1. The summed E-state index contributed by atoms with van der Waals surface area (Å²) in [5, 5.41) is 25.1. The lowest BCUT2D eigenvalue weighted by molar-refractivity contribution is -0.141. The largest absolute Gasteiger partial charge is 0.465 e. The maximum atomic E-state index is 14.7. The van der Waals surface area contributed by atoms with Crippen LogP contribution in [0.1, 0.15) is 43.8 Å². The van der Waals surface area contributed by atoms with Gasteiger partial charge in [0.2, 0.25) is 0 Å². The highest BCUT2D eigenvalue weighted by molar-refractivity contribution is 6.22. The number of nitrogens with one attached hydrogen (secondary N) is 2. The quantitative estimate of drug-likeness (QED) is 0.179. The Labute approximate surface area is 229 Å². The average molecular weight is 572 g/mol. The second-order valence-corrected chi connectivity index (χ2v) is 8.88. The van der Waals surface area contributed by atoms with Gasteiger partial charge in [0.05, 0.1) is 28.4 Å². The molecule has 4 aromatic rings. The van der Waals surface area contributed by atoms with Crippen LogP contribution in [-0.4, -0.2) is 26.9 Å². The zero-order valence-corrected chi connectivity index (χ0v) is 21.0. The highest BCUT2D eigenvalue weighted by Crippen LogP contribution is 2.33. The van der Waals surface area contributed by atoms with Crippen LogP contribution < -0.4 is 10.6 Å². The Morgan fingerprint density at radius 2 is 1.77 bits per heavy atom. The van der Waals surface area contributed by atoms with E-state index in [9.17, 15) is 27.2 Å². The number of anilines is 1. The summed E-state index contributed by atoms with van der Waals surface area (Å²) in [6.45, 7) is -0.146. The third kappa shape index (κ3) is 6.39. The van der Waals surface area contributed by atoms with E-state index in [1.54, 1.807) is 24.3 Å². The Balaban J connectivity index is 1.68. The van der Waals surface area contributed by atoms with E-state index in [-0.39, 0.29) is 17.9 Å². The van der Waals surface area contributed by atoms with Crippen molar-refractivity contribution in [3.05, 3.63) is 112 Å². The highest BCUT2D eigenvalue weighted by Gasteiger charge is 2.36. The normalized spacial score (nSPS) is 11.9. The van der Waals surface area contributed by atoms with E-state index >= 15 is 0 Å². The van der Waals surface area contributed by atoms with Crippen LogP contribution in [0.4, 0.5) is 28.0 Å². The first-order chi connectivity index (χ1) is 19.0. The zero-order chi connectivity index (χ0) is 29.0. The highest BCUT2D eigenvalue weighted by atomic mass is 35.5. The van der Waals surface area contributed by atoms with Gasteiger partial charge in [-0.1, -0.05) is 30.3 Å². The van der Waals surface area contributed by atoms with Gasteiger partial charge in [-0.2, -0.15) is 23.5 Å². The SMILES string of the molecule is N#Cc1cccc(C(Cl)c2ccc(F)c(NC(=O)c3cc(C(F)(F)F)nn3-c3cccc(CNC(=O)O)c3)c2)c1. The standard InChI is InChI=1S/C27H18ClF4N5O3/c28-24(17-5-1-3-15(9-17)13-33)18-7-8-20(29)21(11-18)35-25(38)22-12-23(27(30,31)32)36-37(22)19-6-2-4-16(10-19)14-34-26(39)40/h1-12,24,34H,14H2,(H,35,38)(H,39,40). The van der Waals surface area contributed by atoms with E-state index in [0.29, 0.717) is 28.3 Å². The molecule has 0 aliphatic heterocycles. The number of halogens is 5. The fourth-order valence-corrected chi connectivity index (χ4v) is 4.07. The molecule has 8 nitrogen and oxygen atoms in total. The second-order valence-electron chi connectivity index (χ2n) is 8.45. The van der Waals surface area contributed by atoms with Crippen LogP contribution in [0.3, 0.4) is 0 Å². The smallest absolute Gasteiger partial charge is 0.435 e. The fourth-order valence-electron chi connectivity index (χ4n) is 3.80. The van der Waals surface area contributed by atoms with Crippen molar-refractivity contribution in [1.82, 2.24) is 15.1 Å². The van der Waals surface area contributed by atoms with E-state index < -0.39 is 40.8 Å². The van der Waals surface area contributed by atoms with Gasteiger partial charge in [-0.3, -0.25) is 4.79 Å². The number of carboxylic acid groups (broad SMARTS) is 1. The molecule has 0 radical (unpaired) electrons. The van der Waals surface area contributed by atoms with E-state index in [2.05, 4.69) is 15.7 Å². The van der Waals surface area contributed by atoms with E-state index in [4.69, 9.17) is 22.0 Å². The molecular formula is C27H18ClF4N5O3. The van der Waals surface area contributed by atoms with Gasteiger partial charge in [0, 0.05) is 12.6 Å². The number of rotatable bonds is 7. The molecule has 3 aromatic carbocycles. The maximum absolute atomic E-state index is 14.7. The minimum absolute atomic E-state index is 0.0396. The summed E-state index contributed by atoms with van der Waals surface area (Å²) in [6.07, 6.45) is -6.19. The van der Waals surface area contributed by atoms with Crippen molar-refractivity contribution in [3.8, 4) is 11.8 Å². The summed E-state index contributed by atoms with van der Waals surface area (Å²) in [5.74, 6) is -1.96. The van der Waals surface area contributed by atoms with Gasteiger partial charge in [-0.05, 0) is 53.1 Å². The van der Waals surface area contributed by atoms with Gasteiger partial charge in [0.1, 0.15) is 11.5 Å². The van der Waals surface area contributed by atoms with Crippen molar-refractivity contribution >= 4 is 29.3 Å². The molecule has 0 aliphatic rings. The number of amides is 2. The predicted octanol–water partition coefficient (Wildman–Crippen LogP) is 6.25.